The molecule has 0 aliphatic carbocycles. The minimum atomic E-state index is -1.04. The van der Waals surface area contributed by atoms with E-state index < -0.39 is 12.2 Å². The van der Waals surface area contributed by atoms with Crippen LogP contribution < -0.4 is 10.1 Å². The van der Waals surface area contributed by atoms with Gasteiger partial charge in [-0.05, 0) is 105 Å². The number of halogens is 2. The molecule has 2 amide bonds. The molecule has 0 saturated carbocycles. The number of ether oxygens (including phenoxy) is 1. The first kappa shape index (κ1) is 43.9. The van der Waals surface area contributed by atoms with Crippen molar-refractivity contribution in [2.75, 3.05) is 39.3 Å². The van der Waals surface area contributed by atoms with E-state index in [9.17, 15) is 29.0 Å². The fourth-order valence-corrected chi connectivity index (χ4v) is 10.1. The van der Waals surface area contributed by atoms with Gasteiger partial charge in [0.1, 0.15) is 23.5 Å². The van der Waals surface area contributed by atoms with Crippen LogP contribution in [0, 0.1) is 26.6 Å². The molecule has 2 saturated heterocycles. The molecule has 2 aliphatic heterocycles. The Labute approximate surface area is 380 Å². The number of piperidine rings is 1. The third-order valence-electron chi connectivity index (χ3n) is 13.2. The normalized spacial score (nSPS) is 17.0. The Morgan fingerprint density at radius 2 is 1.71 bits per heavy atom. The zero-order valence-corrected chi connectivity index (χ0v) is 37.6. The molecule has 3 aromatic heterocycles. The molecule has 2 atom stereocenters. The fourth-order valence-electron chi connectivity index (χ4n) is 9.86. The van der Waals surface area contributed by atoms with E-state index in [-0.39, 0.29) is 29.2 Å². The Kier molecular flexibility index (Phi) is 12.1. The second kappa shape index (κ2) is 17.9. The number of nitrogens with zero attached hydrogens (tertiary/aromatic N) is 6. The van der Waals surface area contributed by atoms with Crippen molar-refractivity contribution in [2.24, 2.45) is 7.05 Å². The van der Waals surface area contributed by atoms with Crippen LogP contribution in [0.5, 0.6) is 5.75 Å². The van der Waals surface area contributed by atoms with Crippen LogP contribution in [-0.4, -0.2) is 103 Å². The zero-order chi connectivity index (χ0) is 45.7. The van der Waals surface area contributed by atoms with Crippen molar-refractivity contribution in [3.63, 3.8) is 0 Å². The average Bonchev–Trinajstić information content (AvgIpc) is 3.73. The number of hydrogen-bond donors (Lipinski definition) is 3. The molecule has 336 valence electrons. The number of nitrogens with one attached hydrogen (secondary N) is 1. The van der Waals surface area contributed by atoms with Gasteiger partial charge in [-0.25, -0.2) is 9.18 Å². The van der Waals surface area contributed by atoms with Crippen LogP contribution in [0.4, 0.5) is 4.39 Å². The Bertz CT molecular complexity index is 3030. The molecule has 9 rings (SSSR count). The van der Waals surface area contributed by atoms with E-state index in [1.165, 1.54) is 12.1 Å². The summed E-state index contributed by atoms with van der Waals surface area (Å²) in [5, 5.41) is 32.5. The Morgan fingerprint density at radius 3 is 2.45 bits per heavy atom. The van der Waals surface area contributed by atoms with E-state index in [1.807, 2.05) is 96.6 Å². The van der Waals surface area contributed by atoms with Crippen molar-refractivity contribution in [3.8, 4) is 16.9 Å². The van der Waals surface area contributed by atoms with Crippen LogP contribution in [0.1, 0.15) is 74.2 Å². The summed E-state index contributed by atoms with van der Waals surface area (Å²) in [7, 11) is 1.88. The topological polar surface area (TPSA) is 155 Å². The third-order valence-corrected chi connectivity index (χ3v) is 13.6. The molecular formula is C50H51ClFN7O6. The summed E-state index contributed by atoms with van der Waals surface area (Å²) < 4.78 is 23.9. The number of aromatic nitrogens is 4. The number of rotatable bonds is 12. The maximum Gasteiger partial charge on any atom is 0.352 e. The number of carbonyl (C=O) groups excluding carboxylic acids is 2. The first-order chi connectivity index (χ1) is 31.3. The summed E-state index contributed by atoms with van der Waals surface area (Å²) in [6.07, 6.45) is 0.842. The van der Waals surface area contributed by atoms with Gasteiger partial charge in [0.05, 0.1) is 28.4 Å². The highest BCUT2D eigenvalue weighted by Gasteiger charge is 2.31. The molecule has 3 N–H and O–H groups in total. The van der Waals surface area contributed by atoms with Gasteiger partial charge in [-0.3, -0.25) is 24.2 Å². The van der Waals surface area contributed by atoms with Crippen LogP contribution >= 0.6 is 11.6 Å². The number of aliphatic hydroxyl groups excluding tert-OH is 1. The van der Waals surface area contributed by atoms with Crippen LogP contribution in [0.15, 0.2) is 72.8 Å². The number of aryl methyl sites for hydroxylation is 4. The summed E-state index contributed by atoms with van der Waals surface area (Å²) in [4.78, 5) is 48.0. The van der Waals surface area contributed by atoms with Crippen LogP contribution in [0.25, 0.3) is 43.7 Å². The van der Waals surface area contributed by atoms with Gasteiger partial charge in [-0.2, -0.15) is 5.10 Å². The fraction of sp³-hybridized carbons (Fsp3) is 0.340. The molecule has 0 spiro atoms. The number of aromatic carboxylic acids is 1. The molecule has 0 radical (unpaired) electrons. The first-order valence-electron chi connectivity index (χ1n) is 22.1. The van der Waals surface area contributed by atoms with Crippen molar-refractivity contribution in [1.29, 1.82) is 0 Å². The number of amides is 2. The summed E-state index contributed by atoms with van der Waals surface area (Å²) in [5.41, 5.74) is 7.78. The summed E-state index contributed by atoms with van der Waals surface area (Å²) in [5.74, 6) is -1.24. The van der Waals surface area contributed by atoms with Crippen molar-refractivity contribution < 1.29 is 33.7 Å². The van der Waals surface area contributed by atoms with Gasteiger partial charge in [-0.15, -0.1) is 0 Å². The van der Waals surface area contributed by atoms with Crippen LogP contribution in [0.2, 0.25) is 5.02 Å². The number of fused-ring (bicyclic) bond motifs is 3. The lowest BCUT2D eigenvalue weighted by Crippen LogP contribution is -2.49. The van der Waals surface area contributed by atoms with Crippen molar-refractivity contribution >= 4 is 62.0 Å². The molecule has 65 heavy (non-hydrogen) atoms. The van der Waals surface area contributed by atoms with Gasteiger partial charge < -0.3 is 29.7 Å². The third kappa shape index (κ3) is 8.42. The number of hydrogen-bond acceptors (Lipinski definition) is 8. The number of aliphatic hydroxyl groups is 1. The Hall–Kier alpha value is -6.35. The molecule has 0 bridgehead atoms. The number of benzene rings is 4. The maximum absolute atomic E-state index is 13.9. The summed E-state index contributed by atoms with van der Waals surface area (Å²) in [6, 6.07) is 21.4. The van der Waals surface area contributed by atoms with Gasteiger partial charge in [0.25, 0.3) is 5.91 Å². The molecule has 5 heterocycles. The van der Waals surface area contributed by atoms with Crippen molar-refractivity contribution in [3.05, 3.63) is 123 Å². The molecule has 7 aromatic rings. The lowest BCUT2D eigenvalue weighted by molar-refractivity contribution is -0.127. The summed E-state index contributed by atoms with van der Waals surface area (Å²) in [6.45, 7) is 9.20. The van der Waals surface area contributed by atoms with E-state index in [4.69, 9.17) is 21.3 Å². The molecule has 15 heteroatoms. The highest BCUT2D eigenvalue weighted by molar-refractivity contribution is 6.35. The standard InChI is InChI=1S/C50H51ClFN7O6/c1-28-39(38-15-17-43(60)54-48(38)61)26-32-10-11-33(27-41(32)53-28)49(62)58-21-18-57(19-22-58)20-23-59-46-37(14-16-40(51)45(46)44-29(2)55-56(4)30(44)3)36(47(59)50(63)64)8-6-24-65-42-9-5-7-31-25-34(52)12-13-35(31)42/h5,7,9-14,16,25-27,38,48,61H,6,8,15,17-24H2,1-4H3,(H,54,60)(H,63,64). The van der Waals surface area contributed by atoms with Crippen molar-refractivity contribution in [2.45, 2.75) is 65.1 Å². The van der Waals surface area contributed by atoms with E-state index in [0.717, 1.165) is 60.8 Å². The second-order valence-corrected chi connectivity index (χ2v) is 17.6. The highest BCUT2D eigenvalue weighted by Crippen LogP contribution is 2.42. The van der Waals surface area contributed by atoms with E-state index >= 15 is 0 Å². The lowest BCUT2D eigenvalue weighted by Gasteiger charge is -2.35. The van der Waals surface area contributed by atoms with Crippen molar-refractivity contribution in [1.82, 2.24) is 34.4 Å². The monoisotopic (exact) mass is 899 g/mol. The SMILES string of the molecule is Cc1nc2cc(C(=O)N3CCN(CCn4c(C(=O)O)c(CCCOc5cccc6cc(F)ccc56)c5ccc(Cl)c(-c6c(C)nn(C)c6C)c54)CC3)ccc2cc1C1CCC(=O)NC1O. The van der Waals surface area contributed by atoms with Gasteiger partial charge in [-0.1, -0.05) is 35.9 Å². The zero-order valence-electron chi connectivity index (χ0n) is 36.8. The number of pyridine rings is 1. The van der Waals surface area contributed by atoms with E-state index in [1.54, 1.807) is 6.07 Å². The molecule has 2 unspecified atom stereocenters. The molecule has 2 fully saturated rings. The predicted molar refractivity (Wildman–Crippen MR) is 248 cm³/mol. The maximum atomic E-state index is 13.9. The smallest absolute Gasteiger partial charge is 0.352 e. The van der Waals surface area contributed by atoms with E-state index in [2.05, 4.69) is 15.3 Å². The van der Waals surface area contributed by atoms with Gasteiger partial charge in [0.15, 0.2) is 0 Å². The Balaban J connectivity index is 0.940. The number of carbonyl (C=O) groups is 3. The highest BCUT2D eigenvalue weighted by atomic mass is 35.5. The van der Waals surface area contributed by atoms with Gasteiger partial charge >= 0.3 is 5.97 Å². The lowest BCUT2D eigenvalue weighted by atomic mass is 9.88. The molecule has 4 aromatic carbocycles. The Morgan fingerprint density at radius 1 is 0.923 bits per heavy atom. The average molecular weight is 900 g/mol. The first-order valence-corrected chi connectivity index (χ1v) is 22.4. The summed E-state index contributed by atoms with van der Waals surface area (Å²) >= 11 is 7.08. The minimum Gasteiger partial charge on any atom is -0.493 e. The molecule has 13 nitrogen and oxygen atoms in total. The quantitative estimate of drug-likeness (QED) is 0.104. The van der Waals surface area contributed by atoms with Crippen LogP contribution in [0.3, 0.4) is 0 Å². The molecular weight excluding hydrogens is 849 g/mol. The number of carboxylic acid groups (broad SMARTS) is 1. The largest absolute Gasteiger partial charge is 0.493 e. The van der Waals surface area contributed by atoms with Gasteiger partial charge in [0, 0.05) is 103 Å². The predicted octanol–water partition coefficient (Wildman–Crippen LogP) is 7.94. The van der Waals surface area contributed by atoms with Gasteiger partial charge in [0.2, 0.25) is 5.91 Å². The number of carboxylic acids is 1. The second-order valence-electron chi connectivity index (χ2n) is 17.2. The molecule has 2 aliphatic rings. The van der Waals surface area contributed by atoms with E-state index in [0.29, 0.717) is 99.0 Å². The van der Waals surface area contributed by atoms with Crippen LogP contribution in [-0.2, 0) is 24.8 Å². The number of piperazine rings is 1. The minimum absolute atomic E-state index is 0.0884.